The smallest absolute Gasteiger partial charge is 0.220 e. The number of rotatable bonds is 49. The Morgan fingerprint density at radius 3 is 1.35 bits per heavy atom. The van der Waals surface area contributed by atoms with E-state index in [0.717, 1.165) is 51.4 Å². The topological polar surface area (TPSA) is 228 Å². The maximum atomic E-state index is 13.3. The van der Waals surface area contributed by atoms with Crippen LogP contribution in [-0.2, 0) is 23.7 Å². The summed E-state index contributed by atoms with van der Waals surface area (Å²) in [5.74, 6) is -0.254. The first-order valence-electron chi connectivity index (χ1n) is 31.0. The lowest BCUT2D eigenvalue weighted by Gasteiger charge is -2.46. The van der Waals surface area contributed by atoms with Crippen molar-refractivity contribution in [3.63, 3.8) is 0 Å². The summed E-state index contributed by atoms with van der Waals surface area (Å²) < 4.78 is 22.8. The van der Waals surface area contributed by atoms with Crippen molar-refractivity contribution >= 4 is 5.91 Å². The van der Waals surface area contributed by atoms with E-state index in [0.29, 0.717) is 12.8 Å². The highest BCUT2D eigenvalue weighted by molar-refractivity contribution is 5.76. The Kier molecular flexibility index (Phi) is 44.5. The molecule has 2 saturated heterocycles. The van der Waals surface area contributed by atoms with Crippen LogP contribution >= 0.6 is 0 Å². The van der Waals surface area contributed by atoms with Crippen molar-refractivity contribution in [2.24, 2.45) is 0 Å². The summed E-state index contributed by atoms with van der Waals surface area (Å²) in [7, 11) is 0. The van der Waals surface area contributed by atoms with Gasteiger partial charge in [0.05, 0.1) is 32.0 Å². The molecular formula is C63H113NO13. The number of aliphatic hydroxyl groups is 8. The number of aliphatic hydroxyl groups excluding tert-OH is 8. The molecule has 0 aromatic carbocycles. The van der Waals surface area contributed by atoms with Crippen LogP contribution in [0.4, 0.5) is 0 Å². The Labute approximate surface area is 466 Å². The van der Waals surface area contributed by atoms with Crippen molar-refractivity contribution in [2.45, 2.75) is 312 Å². The van der Waals surface area contributed by atoms with Crippen molar-refractivity contribution in [3.8, 4) is 0 Å². The fourth-order valence-corrected chi connectivity index (χ4v) is 9.88. The molecule has 0 aromatic heterocycles. The van der Waals surface area contributed by atoms with Crippen molar-refractivity contribution < 1.29 is 64.6 Å². The van der Waals surface area contributed by atoms with Gasteiger partial charge in [-0.1, -0.05) is 216 Å². The third kappa shape index (κ3) is 33.9. The lowest BCUT2D eigenvalue weighted by atomic mass is 9.97. The molecule has 0 aliphatic carbocycles. The Bertz CT molecular complexity index is 1520. The largest absolute Gasteiger partial charge is 0.394 e. The molecule has 448 valence electrons. The highest BCUT2D eigenvalue weighted by Gasteiger charge is 2.51. The summed E-state index contributed by atoms with van der Waals surface area (Å²) >= 11 is 0. The Hall–Kier alpha value is -2.31. The average Bonchev–Trinajstić information content (AvgIpc) is 3.44. The fraction of sp³-hybridized carbons (Fsp3) is 0.825. The van der Waals surface area contributed by atoms with Crippen molar-refractivity contribution in [2.75, 3.05) is 19.8 Å². The molecule has 14 nitrogen and oxygen atoms in total. The number of nitrogens with one attached hydrogen (secondary N) is 1. The molecule has 12 atom stereocenters. The van der Waals surface area contributed by atoms with Gasteiger partial charge in [0.1, 0.15) is 48.8 Å². The van der Waals surface area contributed by atoms with Crippen LogP contribution in [0, 0.1) is 0 Å². The number of amides is 1. The molecule has 2 rings (SSSR count). The third-order valence-corrected chi connectivity index (χ3v) is 14.9. The van der Waals surface area contributed by atoms with Gasteiger partial charge in [-0.25, -0.2) is 0 Å². The standard InChI is InChI=1S/C63H113NO13/c1-3-5-7-9-11-13-15-17-19-21-23-24-25-26-27-28-29-31-33-35-37-39-41-43-45-47-55(68)64-51(52(67)46-44-42-40-38-36-34-32-30-22-20-18-16-14-12-10-8-6-4-2)50-74-62-60(73)58(71)61(54(49-66)76-62)77-63-59(72)57(70)56(69)53(48-65)75-63/h15,17,21-23,30,36,38,44,46,51-54,56-63,65-67,69-73H,3-14,16,18-20,24-29,31-35,37,39-43,45,47-50H2,1-2H3,(H,64,68)/b17-15-,23-21-,30-22+,38-36+,46-44+. The first-order chi connectivity index (χ1) is 37.6. The van der Waals surface area contributed by atoms with Gasteiger partial charge in [0.25, 0.3) is 0 Å². The second-order valence-electron chi connectivity index (χ2n) is 21.8. The average molecular weight is 1090 g/mol. The summed E-state index contributed by atoms with van der Waals surface area (Å²) in [6.07, 6.45) is 45.4. The molecule has 1 amide bonds. The lowest BCUT2D eigenvalue weighted by Crippen LogP contribution is -2.65. The number of ether oxygens (including phenoxy) is 4. The van der Waals surface area contributed by atoms with Gasteiger partial charge < -0.3 is 65.1 Å². The Morgan fingerprint density at radius 1 is 0.468 bits per heavy atom. The van der Waals surface area contributed by atoms with E-state index in [-0.39, 0.29) is 18.9 Å². The first-order valence-corrected chi connectivity index (χ1v) is 31.0. The van der Waals surface area contributed by atoms with Gasteiger partial charge in [0.2, 0.25) is 5.91 Å². The van der Waals surface area contributed by atoms with Crippen molar-refractivity contribution in [3.05, 3.63) is 60.8 Å². The molecule has 0 spiro atoms. The van der Waals surface area contributed by atoms with E-state index in [4.69, 9.17) is 18.9 Å². The van der Waals surface area contributed by atoms with E-state index in [1.54, 1.807) is 6.08 Å². The number of carbonyl (C=O) groups is 1. The van der Waals surface area contributed by atoms with Gasteiger partial charge in [-0.3, -0.25) is 4.79 Å². The van der Waals surface area contributed by atoms with E-state index in [9.17, 15) is 45.6 Å². The second kappa shape index (κ2) is 48.4. The third-order valence-electron chi connectivity index (χ3n) is 14.9. The fourth-order valence-electron chi connectivity index (χ4n) is 9.88. The predicted molar refractivity (Wildman–Crippen MR) is 309 cm³/mol. The summed E-state index contributed by atoms with van der Waals surface area (Å²) in [4.78, 5) is 13.3. The minimum atomic E-state index is -1.79. The number of allylic oxidation sites excluding steroid dienone is 9. The maximum Gasteiger partial charge on any atom is 0.220 e. The molecule has 9 N–H and O–H groups in total. The Balaban J connectivity index is 1.76. The normalized spacial score (nSPS) is 25.1. The molecule has 0 radical (unpaired) electrons. The van der Waals surface area contributed by atoms with Crippen LogP contribution in [0.1, 0.15) is 239 Å². The summed E-state index contributed by atoms with van der Waals surface area (Å²) in [5, 5.41) is 87.1. The molecule has 12 unspecified atom stereocenters. The zero-order valence-corrected chi connectivity index (χ0v) is 48.2. The molecule has 0 saturated carbocycles. The second-order valence-corrected chi connectivity index (χ2v) is 21.8. The van der Waals surface area contributed by atoms with Crippen LogP contribution in [-0.4, -0.2) is 140 Å². The van der Waals surface area contributed by atoms with Crippen LogP contribution in [0.5, 0.6) is 0 Å². The summed E-state index contributed by atoms with van der Waals surface area (Å²) in [5.41, 5.74) is 0. The SMILES string of the molecule is CCCCCCC/C=C\C/C=C\CCCCCCCCCCCCCCCC(=O)NC(COC1OC(CO)C(OC2OC(CO)C(O)C(O)C2O)C(O)C1O)C(O)/C=C/CC/C=C/CC/C=C/CCCCCCCCCC. The molecular weight excluding hydrogens is 979 g/mol. The number of hydrogen-bond acceptors (Lipinski definition) is 13. The predicted octanol–water partition coefficient (Wildman–Crippen LogP) is 10.9. The first kappa shape index (κ1) is 70.8. The highest BCUT2D eigenvalue weighted by Crippen LogP contribution is 2.30. The molecule has 0 aromatic rings. The van der Waals surface area contributed by atoms with Gasteiger partial charge in [0, 0.05) is 6.42 Å². The van der Waals surface area contributed by atoms with Crippen LogP contribution in [0.2, 0.25) is 0 Å². The maximum absolute atomic E-state index is 13.3. The zero-order valence-electron chi connectivity index (χ0n) is 48.2. The zero-order chi connectivity index (χ0) is 56.0. The van der Waals surface area contributed by atoms with E-state index < -0.39 is 86.8 Å². The molecule has 2 aliphatic heterocycles. The monoisotopic (exact) mass is 1090 g/mol. The molecule has 2 aliphatic rings. The number of unbranched alkanes of at least 4 members (excludes halogenated alkanes) is 28. The molecule has 77 heavy (non-hydrogen) atoms. The van der Waals surface area contributed by atoms with E-state index in [2.05, 4.69) is 67.8 Å². The van der Waals surface area contributed by atoms with Gasteiger partial charge >= 0.3 is 0 Å². The minimum absolute atomic E-state index is 0.254. The molecule has 14 heteroatoms. The van der Waals surface area contributed by atoms with E-state index in [1.807, 2.05) is 6.08 Å². The molecule has 2 fully saturated rings. The van der Waals surface area contributed by atoms with Crippen LogP contribution in [0.3, 0.4) is 0 Å². The summed E-state index contributed by atoms with van der Waals surface area (Å²) in [6, 6.07) is -0.940. The van der Waals surface area contributed by atoms with Crippen LogP contribution in [0.15, 0.2) is 60.8 Å². The Morgan fingerprint density at radius 2 is 0.870 bits per heavy atom. The van der Waals surface area contributed by atoms with Crippen LogP contribution in [0.25, 0.3) is 0 Å². The lowest BCUT2D eigenvalue weighted by molar-refractivity contribution is -0.359. The van der Waals surface area contributed by atoms with Gasteiger partial charge in [0.15, 0.2) is 12.6 Å². The minimum Gasteiger partial charge on any atom is -0.394 e. The van der Waals surface area contributed by atoms with E-state index in [1.165, 1.54) is 154 Å². The van der Waals surface area contributed by atoms with Crippen molar-refractivity contribution in [1.82, 2.24) is 5.32 Å². The van der Waals surface area contributed by atoms with Gasteiger partial charge in [-0.2, -0.15) is 0 Å². The van der Waals surface area contributed by atoms with Crippen molar-refractivity contribution in [1.29, 1.82) is 0 Å². The number of hydrogen-bond donors (Lipinski definition) is 9. The summed E-state index contributed by atoms with van der Waals surface area (Å²) in [6.45, 7) is 2.77. The van der Waals surface area contributed by atoms with Crippen LogP contribution < -0.4 is 5.32 Å². The molecule has 0 bridgehead atoms. The van der Waals surface area contributed by atoms with E-state index >= 15 is 0 Å². The highest BCUT2D eigenvalue weighted by atomic mass is 16.7. The number of carbonyl (C=O) groups excluding carboxylic acids is 1. The van der Waals surface area contributed by atoms with Gasteiger partial charge in [-0.15, -0.1) is 0 Å². The quantitative estimate of drug-likeness (QED) is 0.0204. The van der Waals surface area contributed by atoms with Gasteiger partial charge in [-0.05, 0) is 77.0 Å². The molecule has 2 heterocycles.